The second-order valence-electron chi connectivity index (χ2n) is 11.0. The monoisotopic (exact) mass is 626 g/mol. The average Bonchev–Trinajstić information content (AvgIpc) is 3.27. The molecule has 16 heteroatoms. The molecule has 0 aromatic heterocycles. The van der Waals surface area contributed by atoms with E-state index in [0.717, 1.165) is 17.1 Å². The molecule has 1 unspecified atom stereocenters. The van der Waals surface area contributed by atoms with Crippen molar-refractivity contribution in [3.05, 3.63) is 35.9 Å². The Morgan fingerprint density at radius 3 is 2.34 bits per heavy atom. The van der Waals surface area contributed by atoms with Gasteiger partial charge < -0.3 is 49.2 Å². The molecule has 6 N–H and O–H groups in total. The molecule has 0 radical (unpaired) electrons. The van der Waals surface area contributed by atoms with Crippen molar-refractivity contribution in [2.24, 2.45) is 5.41 Å². The van der Waals surface area contributed by atoms with E-state index in [-0.39, 0.29) is 51.0 Å². The molecular formula is C28H38N2O14. The first-order valence-corrected chi connectivity index (χ1v) is 13.7. The van der Waals surface area contributed by atoms with Gasteiger partial charge in [-0.3, -0.25) is 24.6 Å². The minimum absolute atomic E-state index is 0.0171. The number of hydrogen-bond donors (Lipinski definition) is 6. The minimum atomic E-state index is -1.88. The lowest BCUT2D eigenvalue weighted by Crippen LogP contribution is -2.61. The fourth-order valence-corrected chi connectivity index (χ4v) is 3.96. The zero-order valence-corrected chi connectivity index (χ0v) is 24.5. The highest BCUT2D eigenvalue weighted by molar-refractivity contribution is 6.12. The number of aliphatic carboxylic acids is 1. The topological polar surface area (TPSA) is 231 Å². The molecule has 0 saturated carbocycles. The van der Waals surface area contributed by atoms with E-state index in [4.69, 9.17) is 23.7 Å². The number of hydrogen-bond acceptors (Lipinski definition) is 14. The van der Waals surface area contributed by atoms with Gasteiger partial charge in [-0.05, 0) is 32.9 Å². The summed E-state index contributed by atoms with van der Waals surface area (Å²) in [5.41, 5.74) is -0.305. The smallest absolute Gasteiger partial charge is 0.335 e. The van der Waals surface area contributed by atoms with Gasteiger partial charge in [0, 0.05) is 30.3 Å². The van der Waals surface area contributed by atoms with E-state index in [0.29, 0.717) is 5.56 Å². The number of aliphatic hydroxyl groups is 4. The van der Waals surface area contributed by atoms with Crippen molar-refractivity contribution >= 4 is 23.8 Å². The molecule has 16 nitrogen and oxygen atoms in total. The number of aliphatic hydroxyl groups excluding tert-OH is 4. The van der Waals surface area contributed by atoms with Crippen molar-refractivity contribution in [2.45, 2.75) is 64.3 Å². The quantitative estimate of drug-likeness (QED) is 0.0550. The number of imide groups is 1. The third kappa shape index (κ3) is 9.43. The number of ether oxygens (including phenoxy) is 5. The predicted molar refractivity (Wildman–Crippen MR) is 147 cm³/mol. The average molecular weight is 627 g/mol. The molecule has 2 aliphatic heterocycles. The zero-order valence-electron chi connectivity index (χ0n) is 24.5. The number of benzene rings is 1. The third-order valence-electron chi connectivity index (χ3n) is 6.44. The SMILES string of the molecule is CC(C)(C)C(=O)OCc1ccc(O[C@@H]2O[C@H](C(=O)O)[C@@H](O)[C@H](O)[C@H]2O)cc1OCCOCCNC(O)CN1C(=O)C=CC1=O. The third-order valence-corrected chi connectivity index (χ3v) is 6.44. The van der Waals surface area contributed by atoms with Gasteiger partial charge in [0.2, 0.25) is 6.29 Å². The van der Waals surface area contributed by atoms with Crippen LogP contribution in [0.1, 0.15) is 26.3 Å². The molecular weight excluding hydrogens is 588 g/mol. The summed E-state index contributed by atoms with van der Waals surface area (Å²) in [7, 11) is 0. The van der Waals surface area contributed by atoms with Crippen molar-refractivity contribution in [3.8, 4) is 11.5 Å². The highest BCUT2D eigenvalue weighted by Gasteiger charge is 2.48. The molecule has 1 aromatic carbocycles. The second-order valence-corrected chi connectivity index (χ2v) is 11.0. The molecule has 0 aliphatic carbocycles. The Labute approximate surface area is 252 Å². The molecule has 2 heterocycles. The maximum atomic E-state index is 12.3. The van der Waals surface area contributed by atoms with Crippen LogP contribution in [0.15, 0.2) is 30.4 Å². The molecule has 244 valence electrons. The number of β-amino-alcohol motifs (C(OH)–C–C–N with tert-alkyl or cyclic N) is 1. The Morgan fingerprint density at radius 2 is 1.70 bits per heavy atom. The Balaban J connectivity index is 1.56. The first-order valence-electron chi connectivity index (χ1n) is 13.7. The van der Waals surface area contributed by atoms with E-state index in [1.165, 1.54) is 18.2 Å². The van der Waals surface area contributed by atoms with Crippen LogP contribution in [0.5, 0.6) is 11.5 Å². The first kappa shape index (κ1) is 34.8. The number of amides is 2. The maximum absolute atomic E-state index is 12.3. The summed E-state index contributed by atoms with van der Waals surface area (Å²) >= 11 is 0. The van der Waals surface area contributed by atoms with E-state index in [1.807, 2.05) is 0 Å². The maximum Gasteiger partial charge on any atom is 0.335 e. The van der Waals surface area contributed by atoms with Crippen molar-refractivity contribution in [2.75, 3.05) is 32.9 Å². The van der Waals surface area contributed by atoms with Crippen molar-refractivity contribution in [1.82, 2.24) is 10.2 Å². The van der Waals surface area contributed by atoms with Gasteiger partial charge in [-0.2, -0.15) is 0 Å². The fraction of sp³-hybridized carbons (Fsp3) is 0.571. The number of carboxylic acid groups (broad SMARTS) is 1. The lowest BCUT2D eigenvalue weighted by Gasteiger charge is -2.38. The van der Waals surface area contributed by atoms with Crippen molar-refractivity contribution in [3.63, 3.8) is 0 Å². The molecule has 0 bridgehead atoms. The van der Waals surface area contributed by atoms with Gasteiger partial charge in [-0.25, -0.2) is 4.79 Å². The summed E-state index contributed by atoms with van der Waals surface area (Å²) in [6.45, 7) is 5.18. The molecule has 1 saturated heterocycles. The number of nitrogens with zero attached hydrogens (tertiary/aromatic N) is 1. The molecule has 2 aliphatic rings. The number of nitrogens with one attached hydrogen (secondary N) is 1. The number of carboxylic acids is 1. The Hall–Kier alpha value is -3.64. The van der Waals surface area contributed by atoms with Crippen LogP contribution >= 0.6 is 0 Å². The van der Waals surface area contributed by atoms with Crippen molar-refractivity contribution < 1.29 is 68.4 Å². The van der Waals surface area contributed by atoms with Gasteiger partial charge in [-0.15, -0.1) is 0 Å². The predicted octanol–water partition coefficient (Wildman–Crippen LogP) is -1.72. The summed E-state index contributed by atoms with van der Waals surface area (Å²) in [4.78, 5) is 47.7. The number of esters is 1. The van der Waals surface area contributed by atoms with Gasteiger partial charge in [0.25, 0.3) is 11.8 Å². The van der Waals surface area contributed by atoms with Crippen molar-refractivity contribution in [1.29, 1.82) is 0 Å². The van der Waals surface area contributed by atoms with Crippen LogP contribution in [-0.2, 0) is 40.0 Å². The summed E-state index contributed by atoms with van der Waals surface area (Å²) in [6.07, 6.45) is -7.89. The Morgan fingerprint density at radius 1 is 1.02 bits per heavy atom. The normalized spacial score (nSPS) is 24.3. The van der Waals surface area contributed by atoms with Crippen LogP contribution in [0.25, 0.3) is 0 Å². The summed E-state index contributed by atoms with van der Waals surface area (Å²) < 4.78 is 27.4. The van der Waals surface area contributed by atoms with Gasteiger partial charge in [0.05, 0.1) is 25.2 Å². The highest BCUT2D eigenvalue weighted by atomic mass is 16.7. The lowest BCUT2D eigenvalue weighted by molar-refractivity contribution is -0.271. The molecule has 6 atom stereocenters. The number of rotatable bonds is 15. The largest absolute Gasteiger partial charge is 0.491 e. The zero-order chi connectivity index (χ0) is 32.6. The molecule has 1 fully saturated rings. The van der Waals surface area contributed by atoms with Gasteiger partial charge in [-0.1, -0.05) is 0 Å². The van der Waals surface area contributed by atoms with Crippen LogP contribution in [0.4, 0.5) is 0 Å². The molecule has 44 heavy (non-hydrogen) atoms. The molecule has 1 aromatic rings. The first-order chi connectivity index (χ1) is 20.7. The van der Waals surface area contributed by atoms with E-state index in [9.17, 15) is 44.7 Å². The minimum Gasteiger partial charge on any atom is -0.491 e. The van der Waals surface area contributed by atoms with Gasteiger partial charge in [0.15, 0.2) is 6.10 Å². The molecule has 3 rings (SSSR count). The van der Waals surface area contributed by atoms with E-state index < -0.39 is 66.1 Å². The standard InChI is InChI=1S/C28H38N2O14/c1-28(2,3)27(39)42-14-15-4-5-16(43-26-23(36)21(34)22(35)24(44-26)25(37)38)12-17(15)41-11-10-40-9-8-29-18(31)13-30-19(32)6-7-20(30)33/h4-7,12,18,21-24,26,29,31,34-36H,8-11,13-14H2,1-3H3,(H,37,38)/t18?,21-,22-,23+,24-,26+/m0/s1. The second kappa shape index (κ2) is 15.4. The molecule has 2 amide bonds. The lowest BCUT2D eigenvalue weighted by atomic mass is 9.97. The van der Waals surface area contributed by atoms with E-state index >= 15 is 0 Å². The van der Waals surface area contributed by atoms with E-state index in [2.05, 4.69) is 5.32 Å². The molecule has 0 spiro atoms. The highest BCUT2D eigenvalue weighted by Crippen LogP contribution is 2.30. The van der Waals surface area contributed by atoms with Gasteiger partial charge >= 0.3 is 11.9 Å². The fourth-order valence-electron chi connectivity index (χ4n) is 3.96. The summed E-state index contributed by atoms with van der Waals surface area (Å²) in [6, 6.07) is 4.34. The number of carbonyl (C=O) groups excluding carboxylic acids is 3. The van der Waals surface area contributed by atoms with Crippen LogP contribution in [-0.4, -0.2) is 124 Å². The van der Waals surface area contributed by atoms with Crippen LogP contribution < -0.4 is 14.8 Å². The van der Waals surface area contributed by atoms with Gasteiger partial charge in [0.1, 0.15) is 49.3 Å². The summed E-state index contributed by atoms with van der Waals surface area (Å²) in [5, 5.41) is 52.2. The van der Waals surface area contributed by atoms with E-state index in [1.54, 1.807) is 20.8 Å². The van der Waals surface area contributed by atoms with Crippen LogP contribution in [0.3, 0.4) is 0 Å². The Bertz CT molecular complexity index is 1200. The Kier molecular flexibility index (Phi) is 12.2. The van der Waals surface area contributed by atoms with Crippen LogP contribution in [0, 0.1) is 5.41 Å². The van der Waals surface area contributed by atoms with Crippen LogP contribution in [0.2, 0.25) is 0 Å². The summed E-state index contributed by atoms with van der Waals surface area (Å²) in [5.74, 6) is -2.77. The number of carbonyl (C=O) groups is 4.